The van der Waals surface area contributed by atoms with Crippen LogP contribution in [0.25, 0.3) is 0 Å². The van der Waals surface area contributed by atoms with Crippen LogP contribution in [0.3, 0.4) is 0 Å². The number of hydrogen-bond acceptors (Lipinski definition) is 4. The second-order valence-corrected chi connectivity index (χ2v) is 8.30. The summed E-state index contributed by atoms with van der Waals surface area (Å²) in [4.78, 5) is 0. The van der Waals surface area contributed by atoms with E-state index in [0.717, 1.165) is 6.26 Å². The number of alkyl halides is 1. The molecule has 1 N–H and O–H groups in total. The van der Waals surface area contributed by atoms with E-state index >= 15 is 0 Å². The zero-order valence-corrected chi connectivity index (χ0v) is 13.0. The van der Waals surface area contributed by atoms with Crippen LogP contribution in [0, 0.1) is 0 Å². The molecule has 4 nitrogen and oxygen atoms in total. The number of hydrogen-bond donors (Lipinski definition) is 1. The molecule has 0 spiro atoms. The van der Waals surface area contributed by atoms with Crippen molar-refractivity contribution in [2.45, 2.75) is 23.1 Å². The summed E-state index contributed by atoms with van der Waals surface area (Å²) in [6.07, 6.45) is 0.236. The quantitative estimate of drug-likeness (QED) is 0.838. The molecule has 0 fully saturated rings. The maximum Gasteiger partial charge on any atom is 0.166 e. The van der Waals surface area contributed by atoms with Crippen molar-refractivity contribution < 1.29 is 18.3 Å². The van der Waals surface area contributed by atoms with Gasteiger partial charge in [0.15, 0.2) is 13.5 Å². The van der Waals surface area contributed by atoms with Gasteiger partial charge in [0, 0.05) is 6.26 Å². The molecule has 1 aromatic rings. The van der Waals surface area contributed by atoms with Crippen LogP contribution in [0.15, 0.2) is 24.3 Å². The van der Waals surface area contributed by atoms with Gasteiger partial charge in [0.1, 0.15) is 11.9 Å². The summed E-state index contributed by atoms with van der Waals surface area (Å²) in [7, 11) is -1.90. The highest BCUT2D eigenvalue weighted by Crippen LogP contribution is 2.41. The molecule has 0 aliphatic carbocycles. The fourth-order valence-electron chi connectivity index (χ4n) is 1.69. The van der Waals surface area contributed by atoms with Crippen molar-refractivity contribution in [3.63, 3.8) is 0 Å². The summed E-state index contributed by atoms with van der Waals surface area (Å²) in [6.45, 7) is 1.71. The number of sulfone groups is 1. The minimum absolute atomic E-state index is 0.263. The first-order valence-electron chi connectivity index (χ1n) is 5.46. The summed E-state index contributed by atoms with van der Waals surface area (Å²) in [5, 5.41) is 10.3. The number of rotatable bonds is 5. The Labute approximate surface area is 116 Å². The first-order valence-corrected chi connectivity index (χ1v) is 8.15. The first-order chi connectivity index (χ1) is 8.26. The smallest absolute Gasteiger partial charge is 0.166 e. The van der Waals surface area contributed by atoms with Crippen molar-refractivity contribution in [3.05, 3.63) is 29.8 Å². The van der Waals surface area contributed by atoms with Crippen LogP contribution < -0.4 is 4.74 Å². The summed E-state index contributed by atoms with van der Waals surface area (Å²) < 4.78 is 27.2. The van der Waals surface area contributed by atoms with E-state index in [1.54, 1.807) is 38.3 Å². The monoisotopic (exact) mass is 336 g/mol. The Hall–Kier alpha value is -0.590. The lowest BCUT2D eigenvalue weighted by atomic mass is 10.0. The van der Waals surface area contributed by atoms with Crippen LogP contribution >= 0.6 is 15.9 Å². The van der Waals surface area contributed by atoms with Crippen molar-refractivity contribution in [2.75, 3.05) is 13.4 Å². The fraction of sp³-hybridized carbons (Fsp3) is 0.500. The molecule has 0 amide bonds. The van der Waals surface area contributed by atoms with Gasteiger partial charge in [-0.1, -0.05) is 35.0 Å². The van der Waals surface area contributed by atoms with E-state index < -0.39 is 19.6 Å². The van der Waals surface area contributed by atoms with Crippen molar-refractivity contribution in [2.24, 2.45) is 0 Å². The van der Waals surface area contributed by atoms with E-state index in [-0.39, 0.29) is 6.42 Å². The highest BCUT2D eigenvalue weighted by atomic mass is 79.9. The van der Waals surface area contributed by atoms with Crippen LogP contribution in [0.5, 0.6) is 5.75 Å². The molecule has 0 aliphatic heterocycles. The molecular formula is C12H17BrO4S. The lowest BCUT2D eigenvalue weighted by Gasteiger charge is -2.30. The van der Waals surface area contributed by atoms with Gasteiger partial charge >= 0.3 is 0 Å². The number of halogens is 1. The Bertz CT molecular complexity index is 497. The molecule has 0 unspecified atom stereocenters. The summed E-state index contributed by atoms with van der Waals surface area (Å²) in [5.74, 6) is 0.655. The molecule has 1 aromatic carbocycles. The van der Waals surface area contributed by atoms with E-state index in [0.29, 0.717) is 11.3 Å². The Morgan fingerprint density at radius 3 is 2.22 bits per heavy atom. The minimum atomic E-state index is -3.44. The highest BCUT2D eigenvalue weighted by Gasteiger charge is 2.44. The van der Waals surface area contributed by atoms with Gasteiger partial charge in [-0.05, 0) is 24.1 Å². The van der Waals surface area contributed by atoms with E-state index in [1.165, 1.54) is 0 Å². The zero-order valence-electron chi connectivity index (χ0n) is 10.6. The molecule has 0 aliphatic rings. The van der Waals surface area contributed by atoms with Crippen molar-refractivity contribution in [1.29, 1.82) is 0 Å². The maximum atomic E-state index is 11.8. The summed E-state index contributed by atoms with van der Waals surface area (Å²) >= 11 is 3.17. The van der Waals surface area contributed by atoms with Crippen LogP contribution in [0.2, 0.25) is 0 Å². The van der Waals surface area contributed by atoms with Crippen LogP contribution in [-0.2, 0) is 9.84 Å². The molecule has 0 bridgehead atoms. The lowest BCUT2D eigenvalue weighted by Crippen LogP contribution is -2.37. The molecule has 2 atom stereocenters. The molecule has 0 aromatic heterocycles. The third kappa shape index (κ3) is 2.87. The molecule has 1 rings (SSSR count). The second kappa shape index (κ2) is 5.59. The van der Waals surface area contributed by atoms with Crippen molar-refractivity contribution >= 4 is 25.8 Å². The van der Waals surface area contributed by atoms with E-state index in [1.807, 2.05) is 0 Å². The molecule has 0 saturated carbocycles. The number of benzene rings is 1. The molecule has 6 heteroatoms. The summed E-state index contributed by atoms with van der Waals surface area (Å²) in [6, 6.07) is 6.68. The van der Waals surface area contributed by atoms with Gasteiger partial charge in [-0.3, -0.25) is 0 Å². The van der Waals surface area contributed by atoms with Gasteiger partial charge in [-0.2, -0.15) is 0 Å². The number of aliphatic hydroxyl groups excluding tert-OH is 1. The molecular weight excluding hydrogens is 320 g/mol. The molecule has 0 saturated heterocycles. The molecule has 0 radical (unpaired) electrons. The van der Waals surface area contributed by atoms with Crippen LogP contribution in [0.1, 0.15) is 25.0 Å². The Balaban J connectivity index is 3.15. The molecule has 18 heavy (non-hydrogen) atoms. The van der Waals surface area contributed by atoms with Gasteiger partial charge < -0.3 is 9.84 Å². The second-order valence-electron chi connectivity index (χ2n) is 4.09. The predicted molar refractivity (Wildman–Crippen MR) is 74.7 cm³/mol. The largest absolute Gasteiger partial charge is 0.497 e. The van der Waals surface area contributed by atoms with Gasteiger partial charge in [0.25, 0.3) is 0 Å². The Morgan fingerprint density at radius 2 is 1.89 bits per heavy atom. The van der Waals surface area contributed by atoms with E-state index in [9.17, 15) is 13.5 Å². The number of methoxy groups -OCH3 is 1. The highest BCUT2D eigenvalue weighted by molar-refractivity contribution is 9.11. The maximum absolute atomic E-state index is 11.8. The Morgan fingerprint density at radius 1 is 1.39 bits per heavy atom. The molecule has 0 heterocycles. The number of aliphatic hydroxyl groups is 1. The van der Waals surface area contributed by atoms with E-state index in [4.69, 9.17) is 4.74 Å². The third-order valence-corrected chi connectivity index (χ3v) is 7.44. The average Bonchev–Trinajstić information content (AvgIpc) is 2.35. The lowest BCUT2D eigenvalue weighted by molar-refractivity contribution is 0.160. The normalized spacial score (nSPS) is 16.9. The van der Waals surface area contributed by atoms with Crippen molar-refractivity contribution in [1.82, 2.24) is 0 Å². The summed E-state index contributed by atoms with van der Waals surface area (Å²) in [5.41, 5.74) is 0.528. The van der Waals surface area contributed by atoms with Gasteiger partial charge in [-0.25, -0.2) is 8.42 Å². The van der Waals surface area contributed by atoms with Gasteiger partial charge in [0.2, 0.25) is 0 Å². The third-order valence-electron chi connectivity index (χ3n) is 2.94. The van der Waals surface area contributed by atoms with Crippen LogP contribution in [-0.4, -0.2) is 30.5 Å². The fourth-order valence-corrected chi connectivity index (χ4v) is 3.02. The average molecular weight is 337 g/mol. The number of ether oxygens (including phenoxy) is 1. The van der Waals surface area contributed by atoms with Crippen LogP contribution in [0.4, 0.5) is 0 Å². The zero-order chi connectivity index (χ0) is 14.0. The minimum Gasteiger partial charge on any atom is -0.497 e. The SMILES string of the molecule is CC[C@](Br)([C@H](O)c1ccc(OC)cc1)S(C)(=O)=O. The van der Waals surface area contributed by atoms with Gasteiger partial charge in [-0.15, -0.1) is 0 Å². The standard InChI is InChI=1S/C12H17BrO4S/c1-4-12(13,18(3,15)16)11(14)9-5-7-10(17-2)8-6-9/h5-8,11,14H,4H2,1-3H3/t11-,12-/m1/s1. The van der Waals surface area contributed by atoms with Crippen molar-refractivity contribution in [3.8, 4) is 5.75 Å². The topological polar surface area (TPSA) is 63.6 Å². The Kier molecular flexibility index (Phi) is 4.80. The van der Waals surface area contributed by atoms with Gasteiger partial charge in [0.05, 0.1) is 7.11 Å². The first kappa shape index (κ1) is 15.5. The predicted octanol–water partition coefficient (Wildman–Crippen LogP) is 2.27. The van der Waals surface area contributed by atoms with E-state index in [2.05, 4.69) is 15.9 Å². The molecule has 102 valence electrons.